The number of carbonyl (C=O) groups is 1. The molecular weight excluding hydrogens is 462 g/mol. The lowest BCUT2D eigenvalue weighted by molar-refractivity contribution is -0.132. The normalized spacial score (nSPS) is 22.9. The number of fused-ring (bicyclic) bond motifs is 1. The largest absolute Gasteiger partial charge is 0.487 e. The van der Waals surface area contributed by atoms with Gasteiger partial charge in [-0.2, -0.15) is 4.31 Å². The second-order valence-corrected chi connectivity index (χ2v) is 10.6. The Balaban J connectivity index is 2.43. The van der Waals surface area contributed by atoms with E-state index >= 15 is 0 Å². The third-order valence-corrected chi connectivity index (χ3v) is 7.47. The van der Waals surface area contributed by atoms with E-state index in [0.29, 0.717) is 11.0 Å². The summed E-state index contributed by atoms with van der Waals surface area (Å²) < 4.78 is 34.6. The highest BCUT2D eigenvalue weighted by Gasteiger charge is 2.38. The average molecular weight is 492 g/mol. The van der Waals surface area contributed by atoms with Crippen molar-refractivity contribution in [2.45, 2.75) is 30.9 Å². The zero-order valence-corrected chi connectivity index (χ0v) is 19.9. The van der Waals surface area contributed by atoms with Crippen LogP contribution in [0.2, 0.25) is 0 Å². The van der Waals surface area contributed by atoms with Crippen molar-refractivity contribution in [3.8, 4) is 5.75 Å². The van der Waals surface area contributed by atoms with Crippen molar-refractivity contribution in [1.82, 2.24) is 14.1 Å². The summed E-state index contributed by atoms with van der Waals surface area (Å²) in [5.41, 5.74) is 0. The van der Waals surface area contributed by atoms with E-state index < -0.39 is 22.2 Å². The van der Waals surface area contributed by atoms with Crippen molar-refractivity contribution in [2.24, 2.45) is 5.92 Å². The fourth-order valence-electron chi connectivity index (χ4n) is 3.18. The fourth-order valence-corrected chi connectivity index (χ4v) is 5.35. The van der Waals surface area contributed by atoms with Gasteiger partial charge in [-0.15, -0.1) is 0 Å². The Hall–Kier alpha value is -1.20. The van der Waals surface area contributed by atoms with Crippen LogP contribution in [0.3, 0.4) is 0 Å². The second-order valence-electron chi connectivity index (χ2n) is 7.84. The molecule has 1 aliphatic heterocycles. The van der Waals surface area contributed by atoms with Crippen molar-refractivity contribution in [1.29, 1.82) is 0 Å². The first-order valence-electron chi connectivity index (χ1n) is 9.45. The number of ether oxygens (including phenoxy) is 1. The smallest absolute Gasteiger partial charge is 0.247 e. The minimum atomic E-state index is -3.85. The summed E-state index contributed by atoms with van der Waals surface area (Å²) in [5, 5.41) is 9.63. The molecule has 1 N–H and O–H groups in total. The number of hydrogen-bond acceptors (Lipinski definition) is 6. The monoisotopic (exact) mass is 491 g/mol. The topological polar surface area (TPSA) is 90.4 Å². The van der Waals surface area contributed by atoms with Gasteiger partial charge in [0.15, 0.2) is 0 Å². The minimum absolute atomic E-state index is 0.0458. The van der Waals surface area contributed by atoms with E-state index in [1.807, 2.05) is 21.0 Å². The maximum Gasteiger partial charge on any atom is 0.247 e. The van der Waals surface area contributed by atoms with E-state index in [1.54, 1.807) is 35.9 Å². The van der Waals surface area contributed by atoms with E-state index in [2.05, 4.69) is 15.9 Å². The molecule has 0 saturated heterocycles. The van der Waals surface area contributed by atoms with E-state index in [-0.39, 0.29) is 42.2 Å². The second kappa shape index (κ2) is 9.74. The van der Waals surface area contributed by atoms with Gasteiger partial charge in [0, 0.05) is 30.0 Å². The Kier molecular flexibility index (Phi) is 8.08. The van der Waals surface area contributed by atoms with E-state index in [9.17, 15) is 18.3 Å². The number of benzene rings is 1. The molecule has 10 heteroatoms. The summed E-state index contributed by atoms with van der Waals surface area (Å²) in [6, 6.07) is 4.20. The van der Waals surface area contributed by atoms with Crippen LogP contribution in [0.25, 0.3) is 0 Å². The predicted molar refractivity (Wildman–Crippen MR) is 114 cm³/mol. The molecule has 0 saturated carbocycles. The van der Waals surface area contributed by atoms with Gasteiger partial charge < -0.3 is 19.6 Å². The number of hydrogen-bond donors (Lipinski definition) is 1. The van der Waals surface area contributed by atoms with Gasteiger partial charge >= 0.3 is 0 Å². The number of aliphatic hydroxyl groups excluding tert-OH is 1. The van der Waals surface area contributed by atoms with Crippen LogP contribution in [0.4, 0.5) is 0 Å². The molecule has 1 amide bonds. The number of halogens is 1. The number of carbonyl (C=O) groups excluding carboxylic acids is 1. The third kappa shape index (κ3) is 5.69. The number of aliphatic hydroxyl groups is 1. The molecule has 164 valence electrons. The molecule has 1 aliphatic rings. The summed E-state index contributed by atoms with van der Waals surface area (Å²) in [4.78, 5) is 15.8. The zero-order valence-electron chi connectivity index (χ0n) is 17.5. The SMILES string of the molecule is C[C@@H]1CN([C@@H](C)CO)S(=O)(=O)c2ccc(Br)cc2O[C@@H]1CN(C)C(=O)CN(C)C. The zero-order chi connectivity index (χ0) is 21.9. The summed E-state index contributed by atoms with van der Waals surface area (Å²) in [6.07, 6.45) is -0.414. The number of sulfonamides is 1. The van der Waals surface area contributed by atoms with Gasteiger partial charge in [0.2, 0.25) is 15.9 Å². The van der Waals surface area contributed by atoms with Gasteiger partial charge in [-0.25, -0.2) is 8.42 Å². The van der Waals surface area contributed by atoms with Gasteiger partial charge in [-0.05, 0) is 39.2 Å². The maximum atomic E-state index is 13.2. The van der Waals surface area contributed by atoms with Crippen LogP contribution in [0.5, 0.6) is 5.75 Å². The van der Waals surface area contributed by atoms with E-state index in [1.165, 1.54) is 10.4 Å². The summed E-state index contributed by atoms with van der Waals surface area (Å²) in [6.45, 7) is 4.06. The van der Waals surface area contributed by atoms with Crippen molar-refractivity contribution in [3.05, 3.63) is 22.7 Å². The predicted octanol–water partition coefficient (Wildman–Crippen LogP) is 1.24. The third-order valence-electron chi connectivity index (χ3n) is 4.96. The van der Waals surface area contributed by atoms with Crippen molar-refractivity contribution in [3.63, 3.8) is 0 Å². The number of amides is 1. The van der Waals surface area contributed by atoms with Gasteiger partial charge in [0.25, 0.3) is 0 Å². The van der Waals surface area contributed by atoms with Crippen LogP contribution in [0.15, 0.2) is 27.6 Å². The first-order chi connectivity index (χ1) is 13.5. The molecule has 0 bridgehead atoms. The summed E-state index contributed by atoms with van der Waals surface area (Å²) in [7, 11) is 1.52. The van der Waals surface area contributed by atoms with Gasteiger partial charge in [-0.3, -0.25) is 4.79 Å². The van der Waals surface area contributed by atoms with Crippen molar-refractivity contribution in [2.75, 3.05) is 47.4 Å². The molecule has 0 aromatic heterocycles. The molecule has 1 aromatic carbocycles. The Morgan fingerprint density at radius 2 is 2.03 bits per heavy atom. The lowest BCUT2D eigenvalue weighted by Crippen LogP contribution is -2.50. The fraction of sp³-hybridized carbons (Fsp3) is 0.632. The molecule has 8 nitrogen and oxygen atoms in total. The van der Waals surface area contributed by atoms with Crippen LogP contribution in [0.1, 0.15) is 13.8 Å². The van der Waals surface area contributed by atoms with Gasteiger partial charge in [-0.1, -0.05) is 22.9 Å². The molecule has 1 heterocycles. The average Bonchev–Trinajstić information content (AvgIpc) is 2.63. The molecule has 0 aliphatic carbocycles. The highest BCUT2D eigenvalue weighted by molar-refractivity contribution is 9.10. The summed E-state index contributed by atoms with van der Waals surface area (Å²) in [5.74, 6) is -0.0180. The van der Waals surface area contributed by atoms with Crippen LogP contribution in [0, 0.1) is 5.92 Å². The summed E-state index contributed by atoms with van der Waals surface area (Å²) >= 11 is 3.37. The molecular formula is C19H30BrN3O5S. The standard InChI is InChI=1S/C19H30BrN3O5S/c1-13-9-23(14(2)12-24)29(26,27)18-7-6-15(20)8-16(18)28-17(13)10-22(5)19(25)11-21(3)4/h6-8,13-14,17,24H,9-12H2,1-5H3/t13-,14+,17-/m1/s1. The van der Waals surface area contributed by atoms with Crippen molar-refractivity contribution < 1.29 is 23.1 Å². The van der Waals surface area contributed by atoms with E-state index in [0.717, 1.165) is 0 Å². The lowest BCUT2D eigenvalue weighted by Gasteiger charge is -2.37. The Bertz CT molecular complexity index is 833. The first-order valence-corrected chi connectivity index (χ1v) is 11.7. The molecule has 0 spiro atoms. The first kappa shape index (κ1) is 24.1. The Morgan fingerprint density at radius 3 is 2.62 bits per heavy atom. The molecule has 0 radical (unpaired) electrons. The highest BCUT2D eigenvalue weighted by Crippen LogP contribution is 2.35. The number of rotatable bonds is 6. The molecule has 29 heavy (non-hydrogen) atoms. The lowest BCUT2D eigenvalue weighted by atomic mass is 10.0. The highest BCUT2D eigenvalue weighted by atomic mass is 79.9. The maximum absolute atomic E-state index is 13.2. The van der Waals surface area contributed by atoms with Gasteiger partial charge in [0.05, 0.1) is 19.7 Å². The minimum Gasteiger partial charge on any atom is -0.487 e. The molecule has 0 fully saturated rings. The van der Waals surface area contributed by atoms with Crippen LogP contribution in [-0.4, -0.2) is 93.1 Å². The van der Waals surface area contributed by atoms with Crippen LogP contribution >= 0.6 is 15.9 Å². The van der Waals surface area contributed by atoms with E-state index in [4.69, 9.17) is 4.74 Å². The van der Waals surface area contributed by atoms with Crippen molar-refractivity contribution >= 4 is 31.9 Å². The Morgan fingerprint density at radius 1 is 1.38 bits per heavy atom. The number of nitrogens with zero attached hydrogens (tertiary/aromatic N) is 3. The molecule has 1 aromatic rings. The molecule has 3 atom stereocenters. The molecule has 0 unspecified atom stereocenters. The number of likely N-dealkylation sites (N-methyl/N-ethyl adjacent to an activating group) is 2. The van der Waals surface area contributed by atoms with Crippen LogP contribution < -0.4 is 4.74 Å². The van der Waals surface area contributed by atoms with Gasteiger partial charge in [0.1, 0.15) is 16.7 Å². The van der Waals surface area contributed by atoms with Crippen LogP contribution in [-0.2, 0) is 14.8 Å². The Labute approximate surface area is 181 Å². The quantitative estimate of drug-likeness (QED) is 0.643. The molecule has 2 rings (SSSR count).